The van der Waals surface area contributed by atoms with Crippen LogP contribution in [0, 0.1) is 6.92 Å². The number of aryl methyl sites for hydroxylation is 1. The van der Waals surface area contributed by atoms with Gasteiger partial charge in [0.1, 0.15) is 0 Å². The Bertz CT molecular complexity index is 546. The molecule has 0 fully saturated rings. The summed E-state index contributed by atoms with van der Waals surface area (Å²) in [6, 6.07) is 4.29. The van der Waals surface area contributed by atoms with E-state index >= 15 is 0 Å². The molecule has 19 heavy (non-hydrogen) atoms. The van der Waals surface area contributed by atoms with Crippen molar-refractivity contribution in [1.82, 2.24) is 10.3 Å². The van der Waals surface area contributed by atoms with Gasteiger partial charge in [-0.1, -0.05) is 13.0 Å². The van der Waals surface area contributed by atoms with Gasteiger partial charge < -0.3 is 5.32 Å². The number of nitrogens with zero attached hydrogens (tertiary/aromatic N) is 1. The Morgan fingerprint density at radius 2 is 2.32 bits per heavy atom. The maximum absolute atomic E-state index is 12.0. The second kappa shape index (κ2) is 6.30. The number of carbonyl (C=O) groups is 1. The van der Waals surface area contributed by atoms with Gasteiger partial charge in [-0.3, -0.25) is 4.79 Å². The Morgan fingerprint density at radius 1 is 1.53 bits per heavy atom. The van der Waals surface area contributed by atoms with Crippen LogP contribution >= 0.6 is 22.7 Å². The van der Waals surface area contributed by atoms with Crippen molar-refractivity contribution >= 4 is 28.6 Å². The van der Waals surface area contributed by atoms with Gasteiger partial charge in [-0.05, 0) is 31.7 Å². The highest BCUT2D eigenvalue weighted by Crippen LogP contribution is 2.31. The second-order valence-corrected chi connectivity index (χ2v) is 6.77. The molecule has 0 saturated carbocycles. The molecule has 0 aliphatic rings. The molecular formula is C14H18N2OS2. The predicted molar refractivity (Wildman–Crippen MR) is 81.8 cm³/mol. The zero-order valence-electron chi connectivity index (χ0n) is 11.4. The monoisotopic (exact) mass is 294 g/mol. The molecular weight excluding hydrogens is 276 g/mol. The Balaban J connectivity index is 2.15. The standard InChI is InChI=1S/C14H18N2OS2/c1-4-9(2)15-13(17)8-12-14(16-10(3)19-12)11-6-5-7-18-11/h5-7,9H,4,8H2,1-3H3,(H,15,17)/t9-/m0/s1. The van der Waals surface area contributed by atoms with Crippen LogP contribution in [-0.2, 0) is 11.2 Å². The van der Waals surface area contributed by atoms with E-state index in [4.69, 9.17) is 0 Å². The largest absolute Gasteiger partial charge is 0.353 e. The van der Waals surface area contributed by atoms with Crippen molar-refractivity contribution in [3.05, 3.63) is 27.4 Å². The maximum atomic E-state index is 12.0. The van der Waals surface area contributed by atoms with Crippen LogP contribution < -0.4 is 5.32 Å². The lowest BCUT2D eigenvalue weighted by atomic mass is 10.2. The summed E-state index contributed by atoms with van der Waals surface area (Å²) in [7, 11) is 0. The number of thiophene rings is 1. The van der Waals surface area contributed by atoms with E-state index in [0.29, 0.717) is 6.42 Å². The van der Waals surface area contributed by atoms with E-state index in [1.165, 1.54) is 0 Å². The number of hydrogen-bond acceptors (Lipinski definition) is 4. The van der Waals surface area contributed by atoms with Crippen molar-refractivity contribution in [3.63, 3.8) is 0 Å². The smallest absolute Gasteiger partial charge is 0.225 e. The fourth-order valence-electron chi connectivity index (χ4n) is 1.77. The SMILES string of the molecule is CC[C@H](C)NC(=O)Cc1sc(C)nc1-c1cccs1. The van der Waals surface area contributed by atoms with E-state index in [1.807, 2.05) is 25.3 Å². The van der Waals surface area contributed by atoms with Gasteiger partial charge in [-0.2, -0.15) is 0 Å². The van der Waals surface area contributed by atoms with Gasteiger partial charge >= 0.3 is 0 Å². The summed E-state index contributed by atoms with van der Waals surface area (Å²) >= 11 is 3.27. The third-order valence-corrected chi connectivity index (χ3v) is 4.75. The van der Waals surface area contributed by atoms with E-state index in [2.05, 4.69) is 23.3 Å². The summed E-state index contributed by atoms with van der Waals surface area (Å²) in [5, 5.41) is 6.05. The number of amides is 1. The average Bonchev–Trinajstić information content (AvgIpc) is 2.98. The lowest BCUT2D eigenvalue weighted by Crippen LogP contribution is -2.33. The molecule has 2 heterocycles. The van der Waals surface area contributed by atoms with Crippen molar-refractivity contribution in [2.75, 3.05) is 0 Å². The first kappa shape index (κ1) is 14.2. The molecule has 2 rings (SSSR count). The molecule has 2 aromatic rings. The van der Waals surface area contributed by atoms with Crippen LogP contribution in [0.25, 0.3) is 10.6 Å². The van der Waals surface area contributed by atoms with Crippen LogP contribution in [0.4, 0.5) is 0 Å². The summed E-state index contributed by atoms with van der Waals surface area (Å²) in [5.41, 5.74) is 0.969. The molecule has 5 heteroatoms. The average molecular weight is 294 g/mol. The third kappa shape index (κ3) is 3.64. The molecule has 0 aromatic carbocycles. The molecule has 0 aliphatic carbocycles. The number of nitrogens with one attached hydrogen (secondary N) is 1. The minimum absolute atomic E-state index is 0.0795. The fourth-order valence-corrected chi connectivity index (χ4v) is 3.52. The highest BCUT2D eigenvalue weighted by Gasteiger charge is 2.16. The highest BCUT2D eigenvalue weighted by molar-refractivity contribution is 7.15. The van der Waals surface area contributed by atoms with Gasteiger partial charge in [0.2, 0.25) is 5.91 Å². The Morgan fingerprint density at radius 3 is 2.95 bits per heavy atom. The first-order chi connectivity index (χ1) is 9.10. The van der Waals surface area contributed by atoms with Crippen molar-refractivity contribution in [2.24, 2.45) is 0 Å². The van der Waals surface area contributed by atoms with E-state index in [1.54, 1.807) is 22.7 Å². The Kier molecular flexibility index (Phi) is 4.71. The van der Waals surface area contributed by atoms with Crippen LogP contribution in [0.2, 0.25) is 0 Å². The minimum atomic E-state index is 0.0795. The van der Waals surface area contributed by atoms with Crippen molar-refractivity contribution in [3.8, 4) is 10.6 Å². The fraction of sp³-hybridized carbons (Fsp3) is 0.429. The minimum Gasteiger partial charge on any atom is -0.353 e. The molecule has 0 radical (unpaired) electrons. The number of hydrogen-bond donors (Lipinski definition) is 1. The van der Waals surface area contributed by atoms with Crippen LogP contribution in [0.15, 0.2) is 17.5 Å². The molecule has 1 N–H and O–H groups in total. The molecule has 0 unspecified atom stereocenters. The molecule has 0 bridgehead atoms. The van der Waals surface area contributed by atoms with Crippen LogP contribution in [0.1, 0.15) is 30.2 Å². The second-order valence-electron chi connectivity index (χ2n) is 4.54. The van der Waals surface area contributed by atoms with Crippen molar-refractivity contribution < 1.29 is 4.79 Å². The van der Waals surface area contributed by atoms with Gasteiger partial charge in [-0.25, -0.2) is 4.98 Å². The quantitative estimate of drug-likeness (QED) is 0.915. The molecule has 1 atom stereocenters. The summed E-state index contributed by atoms with van der Waals surface area (Å²) in [6.45, 7) is 6.08. The molecule has 0 spiro atoms. The lowest BCUT2D eigenvalue weighted by molar-refractivity contribution is -0.121. The number of carbonyl (C=O) groups excluding carboxylic acids is 1. The Hall–Kier alpha value is -1.20. The van der Waals surface area contributed by atoms with E-state index in [9.17, 15) is 4.79 Å². The Labute approximate surface area is 121 Å². The van der Waals surface area contributed by atoms with Gasteiger partial charge in [0.25, 0.3) is 0 Å². The summed E-state index contributed by atoms with van der Waals surface area (Å²) in [4.78, 5) is 18.7. The number of rotatable bonds is 5. The third-order valence-electron chi connectivity index (χ3n) is 2.90. The van der Waals surface area contributed by atoms with Gasteiger partial charge in [0.05, 0.1) is 22.0 Å². The van der Waals surface area contributed by atoms with Gasteiger partial charge in [-0.15, -0.1) is 22.7 Å². The first-order valence-corrected chi connectivity index (χ1v) is 8.09. The maximum Gasteiger partial charge on any atom is 0.225 e. The topological polar surface area (TPSA) is 42.0 Å². The van der Waals surface area contributed by atoms with Crippen LogP contribution in [0.3, 0.4) is 0 Å². The van der Waals surface area contributed by atoms with Gasteiger partial charge in [0.15, 0.2) is 0 Å². The van der Waals surface area contributed by atoms with Crippen molar-refractivity contribution in [1.29, 1.82) is 0 Å². The molecule has 0 saturated heterocycles. The number of aromatic nitrogens is 1. The summed E-state index contributed by atoms with van der Waals surface area (Å²) in [5.74, 6) is 0.0795. The van der Waals surface area contributed by atoms with Crippen LogP contribution in [0.5, 0.6) is 0 Å². The first-order valence-electron chi connectivity index (χ1n) is 6.39. The van der Waals surface area contributed by atoms with Crippen molar-refractivity contribution in [2.45, 2.75) is 39.7 Å². The van der Waals surface area contributed by atoms with E-state index in [-0.39, 0.29) is 11.9 Å². The summed E-state index contributed by atoms with van der Waals surface area (Å²) < 4.78 is 0. The van der Waals surface area contributed by atoms with Crippen LogP contribution in [-0.4, -0.2) is 16.9 Å². The van der Waals surface area contributed by atoms with E-state index in [0.717, 1.165) is 26.9 Å². The molecule has 0 aliphatic heterocycles. The zero-order chi connectivity index (χ0) is 13.8. The molecule has 3 nitrogen and oxygen atoms in total. The highest BCUT2D eigenvalue weighted by atomic mass is 32.1. The lowest BCUT2D eigenvalue weighted by Gasteiger charge is -2.10. The number of thiazole rings is 1. The predicted octanol–water partition coefficient (Wildman–Crippen LogP) is 3.64. The molecule has 2 aromatic heterocycles. The van der Waals surface area contributed by atoms with E-state index < -0.39 is 0 Å². The normalized spacial score (nSPS) is 12.4. The zero-order valence-corrected chi connectivity index (χ0v) is 13.0. The van der Waals surface area contributed by atoms with Gasteiger partial charge in [0, 0.05) is 10.9 Å². The molecule has 1 amide bonds. The molecule has 102 valence electrons. The summed E-state index contributed by atoms with van der Waals surface area (Å²) in [6.07, 6.45) is 1.37.